The largest absolute Gasteiger partial charge is 4.00 e. The average molecular weight is 405 g/mol. The van der Waals surface area contributed by atoms with Crippen molar-refractivity contribution in [2.24, 2.45) is 0 Å². The van der Waals surface area contributed by atoms with E-state index >= 15 is 0 Å². The van der Waals surface area contributed by atoms with Crippen LogP contribution in [-0.4, -0.2) is 18.0 Å². The molecule has 3 aliphatic rings. The zero-order chi connectivity index (χ0) is 17.0. The van der Waals surface area contributed by atoms with Crippen LogP contribution in [0.15, 0.2) is 41.5 Å². The van der Waals surface area contributed by atoms with Crippen molar-refractivity contribution >= 4 is 0 Å². The molecule has 2 heteroatoms. The third-order valence-corrected chi connectivity index (χ3v) is 3.56. The fourth-order valence-electron chi connectivity index (χ4n) is 2.34. The molecule has 2 aliphatic carbocycles. The monoisotopic (exact) mass is 403 g/mol. The van der Waals surface area contributed by atoms with Gasteiger partial charge in [0.2, 0.25) is 0 Å². The molecule has 0 unspecified atom stereocenters. The molecule has 25 heavy (non-hydrogen) atoms. The first-order valence-electron chi connectivity index (χ1n) is 8.08. The summed E-state index contributed by atoms with van der Waals surface area (Å²) in [4.78, 5) is 2.24. The molecule has 2 saturated carbocycles. The Labute approximate surface area is 174 Å². The Bertz CT molecular complexity index is 445. The van der Waals surface area contributed by atoms with Crippen LogP contribution in [0, 0.1) is 77.4 Å². The summed E-state index contributed by atoms with van der Waals surface area (Å²) in [6.45, 7) is 14.0. The van der Waals surface area contributed by atoms with Crippen LogP contribution in [0.5, 0.6) is 0 Å². The van der Waals surface area contributed by atoms with Crippen molar-refractivity contribution in [3.8, 4) is 0 Å². The molecule has 1 aromatic rings. The number of benzene rings is 1. The molecular weight excluding hydrogens is 381 g/mol. The first kappa shape index (κ1) is 22.6. The SMILES string of the molecule is [CH-]=C1CN(Cc2ccccc2)CC1=[CH-].[CH]1[CH][CH][CH][CH]1.[CH]1[CH][CH][CH][CH]1.[Zr+4]. The first-order chi connectivity index (χ1) is 11.8. The van der Waals surface area contributed by atoms with Crippen LogP contribution in [0.2, 0.25) is 0 Å². The van der Waals surface area contributed by atoms with Gasteiger partial charge in [-0.2, -0.15) is 0 Å². The van der Waals surface area contributed by atoms with Gasteiger partial charge in [-0.05, 0) is 69.8 Å². The Morgan fingerprint density at radius 2 is 1.00 bits per heavy atom. The summed E-state index contributed by atoms with van der Waals surface area (Å²) < 4.78 is 0. The van der Waals surface area contributed by atoms with E-state index in [4.69, 9.17) is 13.2 Å². The Kier molecular flexibility index (Phi) is 12.4. The van der Waals surface area contributed by atoms with Gasteiger partial charge in [0.15, 0.2) is 0 Å². The fourth-order valence-corrected chi connectivity index (χ4v) is 2.34. The molecule has 4 rings (SSSR count). The Balaban J connectivity index is 0.000000233. The van der Waals surface area contributed by atoms with Crippen molar-refractivity contribution in [3.63, 3.8) is 0 Å². The van der Waals surface area contributed by atoms with Crippen molar-refractivity contribution in [1.82, 2.24) is 4.90 Å². The van der Waals surface area contributed by atoms with Crippen LogP contribution in [-0.2, 0) is 32.7 Å². The molecule has 3 fully saturated rings. The van der Waals surface area contributed by atoms with Gasteiger partial charge in [0.1, 0.15) is 0 Å². The predicted molar refractivity (Wildman–Crippen MR) is 100 cm³/mol. The predicted octanol–water partition coefficient (Wildman–Crippen LogP) is 4.26. The van der Waals surface area contributed by atoms with Gasteiger partial charge in [-0.3, -0.25) is 0 Å². The minimum atomic E-state index is 0. The second-order valence-electron chi connectivity index (χ2n) is 5.61. The maximum atomic E-state index is 5.74. The number of hydrogen-bond acceptors (Lipinski definition) is 1. The van der Waals surface area contributed by atoms with E-state index in [1.807, 2.05) is 82.4 Å². The Hall–Kier alpha value is -0.457. The normalized spacial score (nSPS) is 19.5. The van der Waals surface area contributed by atoms with Gasteiger partial charge in [-0.1, -0.05) is 43.4 Å². The molecule has 0 aromatic heterocycles. The van der Waals surface area contributed by atoms with Crippen molar-refractivity contribution in [2.45, 2.75) is 6.54 Å². The molecule has 1 aromatic carbocycles. The molecule has 0 atom stereocenters. The molecule has 10 radical (unpaired) electrons. The van der Waals surface area contributed by atoms with Crippen LogP contribution < -0.4 is 0 Å². The summed E-state index contributed by atoms with van der Waals surface area (Å²) in [7, 11) is 0. The maximum absolute atomic E-state index is 5.74. The van der Waals surface area contributed by atoms with E-state index in [0.717, 1.165) is 30.8 Å². The van der Waals surface area contributed by atoms with Crippen molar-refractivity contribution in [3.05, 3.63) is 124 Å². The Morgan fingerprint density at radius 1 is 0.640 bits per heavy atom. The van der Waals surface area contributed by atoms with Crippen molar-refractivity contribution < 1.29 is 26.2 Å². The third kappa shape index (κ3) is 9.71. The number of likely N-dealkylation sites (tertiary alicyclic amines) is 1. The summed E-state index contributed by atoms with van der Waals surface area (Å²) in [5, 5.41) is 0. The minimum absolute atomic E-state index is 0. The standard InChI is InChI=1S/C13H13N.2C5H5.Zr/c1-11-8-14(9-12(11)2)10-13-6-4-3-5-7-13;2*1-2-4-5-3-1;/h1-7H,8-10H2;2*1-5H;/q-2;;;+4. The zero-order valence-electron chi connectivity index (χ0n) is 14.4. The summed E-state index contributed by atoms with van der Waals surface area (Å²) in [5.41, 5.74) is 2.94. The average Bonchev–Trinajstić information content (AvgIpc) is 3.35. The van der Waals surface area contributed by atoms with Gasteiger partial charge >= 0.3 is 26.2 Å². The van der Waals surface area contributed by atoms with Crippen LogP contribution >= 0.6 is 0 Å². The van der Waals surface area contributed by atoms with E-state index in [2.05, 4.69) is 17.0 Å². The first-order valence-corrected chi connectivity index (χ1v) is 8.08. The van der Waals surface area contributed by atoms with Crippen LogP contribution in [0.3, 0.4) is 0 Å². The zero-order valence-corrected chi connectivity index (χ0v) is 16.8. The molecule has 122 valence electrons. The van der Waals surface area contributed by atoms with Crippen LogP contribution in [0.1, 0.15) is 5.56 Å². The second-order valence-corrected chi connectivity index (χ2v) is 5.61. The van der Waals surface area contributed by atoms with Gasteiger partial charge in [-0.25, -0.2) is 0 Å². The Morgan fingerprint density at radius 3 is 1.36 bits per heavy atom. The van der Waals surface area contributed by atoms with Gasteiger partial charge in [0, 0.05) is 6.54 Å². The number of nitrogens with zero attached hydrogens (tertiary/aromatic N) is 1. The molecule has 0 N–H and O–H groups in total. The smallest absolute Gasteiger partial charge is 0.389 e. The molecule has 0 spiro atoms. The van der Waals surface area contributed by atoms with E-state index in [9.17, 15) is 0 Å². The van der Waals surface area contributed by atoms with E-state index in [1.54, 1.807) is 0 Å². The van der Waals surface area contributed by atoms with E-state index in [-0.39, 0.29) is 26.2 Å². The summed E-state index contributed by atoms with van der Waals surface area (Å²) >= 11 is 0. The van der Waals surface area contributed by atoms with E-state index in [0.29, 0.717) is 0 Å². The third-order valence-electron chi connectivity index (χ3n) is 3.56. The summed E-state index contributed by atoms with van der Waals surface area (Å²) in [5.74, 6) is 0. The van der Waals surface area contributed by atoms with Crippen LogP contribution in [0.25, 0.3) is 0 Å². The number of hydrogen-bond donors (Lipinski definition) is 0. The molecule has 1 nitrogen and oxygen atoms in total. The molecule has 0 amide bonds. The van der Waals surface area contributed by atoms with Gasteiger partial charge in [0.05, 0.1) is 0 Å². The molecular formula is C23H23NZr+2. The van der Waals surface area contributed by atoms with Gasteiger partial charge < -0.3 is 29.2 Å². The topological polar surface area (TPSA) is 3.24 Å². The van der Waals surface area contributed by atoms with E-state index in [1.165, 1.54) is 5.56 Å². The molecule has 1 heterocycles. The maximum Gasteiger partial charge on any atom is 4.00 e. The van der Waals surface area contributed by atoms with Crippen molar-refractivity contribution in [1.29, 1.82) is 0 Å². The summed E-state index contributed by atoms with van der Waals surface area (Å²) in [6.07, 6.45) is 20.0. The number of rotatable bonds is 2. The molecule has 0 bridgehead atoms. The van der Waals surface area contributed by atoms with Crippen molar-refractivity contribution in [2.75, 3.05) is 13.1 Å². The minimum Gasteiger partial charge on any atom is -0.389 e. The van der Waals surface area contributed by atoms with Crippen LogP contribution in [0.4, 0.5) is 0 Å². The molecule has 1 saturated heterocycles. The summed E-state index contributed by atoms with van der Waals surface area (Å²) in [6, 6.07) is 10.3. The molecule has 1 aliphatic heterocycles. The van der Waals surface area contributed by atoms with Gasteiger partial charge in [0.25, 0.3) is 0 Å². The fraction of sp³-hybridized carbons (Fsp3) is 0.130. The van der Waals surface area contributed by atoms with E-state index < -0.39 is 0 Å². The quantitative estimate of drug-likeness (QED) is 0.666. The second kappa shape index (κ2) is 13.7. The van der Waals surface area contributed by atoms with Gasteiger partial charge in [-0.15, -0.1) is 0 Å².